The van der Waals surface area contributed by atoms with Gasteiger partial charge in [-0.2, -0.15) is 0 Å². The molecule has 1 fully saturated rings. The Bertz CT molecular complexity index is 1070. The summed E-state index contributed by atoms with van der Waals surface area (Å²) in [5, 5.41) is 0.697. The molecule has 0 bridgehead atoms. The first-order valence-corrected chi connectivity index (χ1v) is 11.1. The largest absolute Gasteiger partial charge is 0.457 e. The predicted octanol–water partition coefficient (Wildman–Crippen LogP) is 6.45. The summed E-state index contributed by atoms with van der Waals surface area (Å²) in [6.45, 7) is 6.85. The summed E-state index contributed by atoms with van der Waals surface area (Å²) in [4.78, 5) is 18.6. The Morgan fingerprint density at radius 1 is 1.19 bits per heavy atom. The monoisotopic (exact) mass is 434 g/mol. The van der Waals surface area contributed by atoms with Gasteiger partial charge in [0, 0.05) is 24.8 Å². The number of ether oxygens (including phenoxy) is 1. The molecule has 2 aromatic carbocycles. The van der Waals surface area contributed by atoms with Crippen LogP contribution in [0.2, 0.25) is 5.02 Å². The number of halogens is 1. The van der Waals surface area contributed by atoms with Gasteiger partial charge in [-0.1, -0.05) is 49.7 Å². The van der Waals surface area contributed by atoms with Crippen molar-refractivity contribution in [2.24, 2.45) is 0 Å². The molecule has 4 nitrogen and oxygen atoms in total. The molecule has 1 aliphatic rings. The van der Waals surface area contributed by atoms with Gasteiger partial charge in [-0.15, -0.1) is 0 Å². The van der Waals surface area contributed by atoms with Crippen LogP contribution in [0, 0.1) is 0 Å². The Morgan fingerprint density at radius 2 is 2.03 bits per heavy atom. The van der Waals surface area contributed by atoms with Crippen molar-refractivity contribution in [3.8, 4) is 11.5 Å². The second kappa shape index (κ2) is 9.63. The standard InChI is InChI=1S/C26H27ClN2O2/c1-18(2)22-6-3-4-8-26(22)31-21-9-10-23(20(14-21)17-30)19-11-13-29(15-19)16-25-24(27)7-5-12-28-25/h3-10,12,14,17-19H,11,13,15-16H2,1-2H3. The van der Waals surface area contributed by atoms with Crippen LogP contribution >= 0.6 is 11.6 Å². The summed E-state index contributed by atoms with van der Waals surface area (Å²) in [7, 11) is 0. The summed E-state index contributed by atoms with van der Waals surface area (Å²) >= 11 is 6.27. The van der Waals surface area contributed by atoms with Gasteiger partial charge >= 0.3 is 0 Å². The lowest BCUT2D eigenvalue weighted by molar-refractivity contribution is 0.112. The van der Waals surface area contributed by atoms with E-state index in [0.717, 1.165) is 54.9 Å². The number of nitrogens with zero attached hydrogens (tertiary/aromatic N) is 2. The van der Waals surface area contributed by atoms with Crippen molar-refractivity contribution >= 4 is 17.9 Å². The number of carbonyl (C=O) groups is 1. The van der Waals surface area contributed by atoms with E-state index in [0.29, 0.717) is 28.2 Å². The minimum Gasteiger partial charge on any atom is -0.457 e. The van der Waals surface area contributed by atoms with Crippen molar-refractivity contribution in [3.63, 3.8) is 0 Å². The van der Waals surface area contributed by atoms with Gasteiger partial charge < -0.3 is 4.74 Å². The van der Waals surface area contributed by atoms with E-state index in [-0.39, 0.29) is 0 Å². The number of hydrogen-bond donors (Lipinski definition) is 0. The van der Waals surface area contributed by atoms with E-state index in [1.54, 1.807) is 6.20 Å². The van der Waals surface area contributed by atoms with Gasteiger partial charge in [0.1, 0.15) is 17.8 Å². The molecular formula is C26H27ClN2O2. The maximum Gasteiger partial charge on any atom is 0.150 e. The summed E-state index contributed by atoms with van der Waals surface area (Å²) in [6, 6.07) is 17.6. The first-order chi connectivity index (χ1) is 15.0. The Hall–Kier alpha value is -2.69. The van der Waals surface area contributed by atoms with E-state index < -0.39 is 0 Å². The molecule has 0 N–H and O–H groups in total. The fourth-order valence-electron chi connectivity index (χ4n) is 4.24. The van der Waals surface area contributed by atoms with E-state index in [1.165, 1.54) is 0 Å². The number of para-hydroxylation sites is 1. The smallest absolute Gasteiger partial charge is 0.150 e. The lowest BCUT2D eigenvalue weighted by Crippen LogP contribution is -2.20. The van der Waals surface area contributed by atoms with E-state index in [2.05, 4.69) is 29.8 Å². The molecule has 1 unspecified atom stereocenters. The summed E-state index contributed by atoms with van der Waals surface area (Å²) in [5.74, 6) is 2.19. The third-order valence-corrected chi connectivity index (χ3v) is 6.22. The van der Waals surface area contributed by atoms with Crippen molar-refractivity contribution in [1.29, 1.82) is 0 Å². The Labute approximate surface area is 188 Å². The van der Waals surface area contributed by atoms with E-state index >= 15 is 0 Å². The van der Waals surface area contributed by atoms with Crippen LogP contribution in [-0.2, 0) is 6.54 Å². The van der Waals surface area contributed by atoms with Crippen LogP contribution in [0.3, 0.4) is 0 Å². The zero-order valence-corrected chi connectivity index (χ0v) is 18.7. The molecule has 0 amide bonds. The fourth-order valence-corrected chi connectivity index (χ4v) is 4.43. The van der Waals surface area contributed by atoms with Crippen LogP contribution < -0.4 is 4.74 Å². The number of rotatable bonds is 7. The normalized spacial score (nSPS) is 16.6. The zero-order valence-electron chi connectivity index (χ0n) is 17.9. The molecule has 31 heavy (non-hydrogen) atoms. The first kappa shape index (κ1) is 21.5. The minimum absolute atomic E-state index is 0.305. The predicted molar refractivity (Wildman–Crippen MR) is 124 cm³/mol. The van der Waals surface area contributed by atoms with Crippen LogP contribution in [0.4, 0.5) is 0 Å². The fraction of sp³-hybridized carbons (Fsp3) is 0.308. The maximum absolute atomic E-state index is 11.9. The van der Waals surface area contributed by atoms with Crippen LogP contribution in [0.25, 0.3) is 0 Å². The van der Waals surface area contributed by atoms with Crippen molar-refractivity contribution < 1.29 is 9.53 Å². The van der Waals surface area contributed by atoms with Gasteiger partial charge in [0.25, 0.3) is 0 Å². The number of carbonyl (C=O) groups excluding carboxylic acids is 1. The summed E-state index contributed by atoms with van der Waals surface area (Å²) in [6.07, 6.45) is 3.71. The molecule has 160 valence electrons. The van der Waals surface area contributed by atoms with Gasteiger partial charge in [-0.3, -0.25) is 14.7 Å². The molecule has 5 heteroatoms. The van der Waals surface area contributed by atoms with Crippen molar-refractivity contribution in [3.05, 3.63) is 88.2 Å². The molecule has 2 heterocycles. The average molecular weight is 435 g/mol. The van der Waals surface area contributed by atoms with Gasteiger partial charge in [0.2, 0.25) is 0 Å². The van der Waals surface area contributed by atoms with Crippen molar-refractivity contribution in [1.82, 2.24) is 9.88 Å². The topological polar surface area (TPSA) is 42.4 Å². The van der Waals surface area contributed by atoms with Crippen LogP contribution in [0.5, 0.6) is 11.5 Å². The lowest BCUT2D eigenvalue weighted by Gasteiger charge is -2.18. The molecule has 0 aliphatic carbocycles. The number of aromatic nitrogens is 1. The molecule has 0 radical (unpaired) electrons. The number of likely N-dealkylation sites (tertiary alicyclic amines) is 1. The van der Waals surface area contributed by atoms with Gasteiger partial charge in [0.05, 0.1) is 10.7 Å². The average Bonchev–Trinajstić information content (AvgIpc) is 3.24. The molecule has 0 saturated carbocycles. The quantitative estimate of drug-likeness (QED) is 0.400. The van der Waals surface area contributed by atoms with E-state index in [1.807, 2.05) is 48.5 Å². The molecule has 1 saturated heterocycles. The lowest BCUT2D eigenvalue weighted by atomic mass is 9.94. The Morgan fingerprint density at radius 3 is 2.81 bits per heavy atom. The van der Waals surface area contributed by atoms with Crippen molar-refractivity contribution in [2.75, 3.05) is 13.1 Å². The van der Waals surface area contributed by atoms with E-state index in [4.69, 9.17) is 16.3 Å². The second-order valence-electron chi connectivity index (χ2n) is 8.36. The van der Waals surface area contributed by atoms with Crippen LogP contribution in [-0.4, -0.2) is 29.3 Å². The van der Waals surface area contributed by atoms with Crippen molar-refractivity contribution in [2.45, 2.75) is 38.6 Å². The van der Waals surface area contributed by atoms with Gasteiger partial charge in [-0.05, 0) is 66.3 Å². The number of aldehydes is 1. The summed E-state index contributed by atoms with van der Waals surface area (Å²) < 4.78 is 6.15. The molecule has 3 aromatic rings. The SMILES string of the molecule is CC(C)c1ccccc1Oc1ccc(C2CCN(Cc3ncccc3Cl)C2)c(C=O)c1. The zero-order chi connectivity index (χ0) is 21.8. The molecule has 1 aromatic heterocycles. The third-order valence-electron chi connectivity index (χ3n) is 5.87. The number of benzene rings is 2. The molecule has 1 aliphatic heterocycles. The van der Waals surface area contributed by atoms with Gasteiger partial charge in [-0.25, -0.2) is 0 Å². The third kappa shape index (κ3) is 4.97. The Balaban J connectivity index is 1.49. The van der Waals surface area contributed by atoms with Crippen LogP contribution in [0.1, 0.15) is 59.3 Å². The second-order valence-corrected chi connectivity index (χ2v) is 8.76. The maximum atomic E-state index is 11.9. The van der Waals surface area contributed by atoms with E-state index in [9.17, 15) is 4.79 Å². The first-order valence-electron chi connectivity index (χ1n) is 10.7. The Kier molecular flexibility index (Phi) is 6.69. The highest BCUT2D eigenvalue weighted by Crippen LogP contribution is 2.35. The molecule has 0 spiro atoms. The molecule has 4 rings (SSSR count). The highest BCUT2D eigenvalue weighted by molar-refractivity contribution is 6.31. The molecule has 1 atom stereocenters. The highest BCUT2D eigenvalue weighted by atomic mass is 35.5. The number of pyridine rings is 1. The molecular weight excluding hydrogens is 408 g/mol. The highest BCUT2D eigenvalue weighted by Gasteiger charge is 2.26. The minimum atomic E-state index is 0.305. The van der Waals surface area contributed by atoms with Crippen LogP contribution in [0.15, 0.2) is 60.8 Å². The van der Waals surface area contributed by atoms with Gasteiger partial charge in [0.15, 0.2) is 0 Å². The number of hydrogen-bond acceptors (Lipinski definition) is 4. The summed E-state index contributed by atoms with van der Waals surface area (Å²) in [5.41, 5.74) is 3.82.